The third kappa shape index (κ3) is 6.36. The molecule has 0 bridgehead atoms. The molecule has 0 aromatic heterocycles. The van der Waals surface area contributed by atoms with Crippen molar-refractivity contribution in [2.24, 2.45) is 5.92 Å². The molecule has 1 amide bonds. The van der Waals surface area contributed by atoms with Crippen molar-refractivity contribution in [2.75, 3.05) is 32.1 Å². The number of carbonyl (C=O) groups excluding carboxylic acids is 1. The summed E-state index contributed by atoms with van der Waals surface area (Å²) in [6.07, 6.45) is 2.22. The van der Waals surface area contributed by atoms with Crippen LogP contribution in [0.1, 0.15) is 33.6 Å². The van der Waals surface area contributed by atoms with Gasteiger partial charge in [-0.05, 0) is 49.9 Å². The normalized spacial score (nSPS) is 15.8. The summed E-state index contributed by atoms with van der Waals surface area (Å²) in [5, 5.41) is 0. The van der Waals surface area contributed by atoms with Gasteiger partial charge in [0.1, 0.15) is 5.75 Å². The van der Waals surface area contributed by atoms with Gasteiger partial charge in [-0.1, -0.05) is 13.8 Å². The van der Waals surface area contributed by atoms with Gasteiger partial charge in [-0.25, -0.2) is 0 Å². The quantitative estimate of drug-likeness (QED) is 0.667. The standard InChI is InChI=1S/C19H29NO3S/c1-4-22-16-5-7-18(8-6-16)24-14-19(21)20-11-9-17(10-12-20)23-13-15(2)3/h5-8,15,17H,4,9-14H2,1-3H3. The van der Waals surface area contributed by atoms with E-state index in [1.54, 1.807) is 11.8 Å². The number of carbonyl (C=O) groups is 1. The van der Waals surface area contributed by atoms with Gasteiger partial charge in [0.2, 0.25) is 5.91 Å². The molecule has 0 aliphatic carbocycles. The fourth-order valence-electron chi connectivity index (χ4n) is 2.64. The van der Waals surface area contributed by atoms with Crippen LogP contribution < -0.4 is 4.74 Å². The topological polar surface area (TPSA) is 38.8 Å². The second kappa shape index (κ2) is 9.94. The maximum absolute atomic E-state index is 12.4. The van der Waals surface area contributed by atoms with Crippen LogP contribution in [0.3, 0.4) is 0 Å². The second-order valence-corrected chi connectivity index (χ2v) is 7.55. The van der Waals surface area contributed by atoms with Crippen molar-refractivity contribution < 1.29 is 14.3 Å². The summed E-state index contributed by atoms with van der Waals surface area (Å²) in [6.45, 7) is 9.40. The Bertz CT molecular complexity index is 496. The average molecular weight is 352 g/mol. The zero-order valence-corrected chi connectivity index (χ0v) is 15.8. The molecular weight excluding hydrogens is 322 g/mol. The number of nitrogens with zero attached hydrogens (tertiary/aromatic N) is 1. The summed E-state index contributed by atoms with van der Waals surface area (Å²) < 4.78 is 11.3. The minimum Gasteiger partial charge on any atom is -0.494 e. The Morgan fingerprint density at radius 2 is 1.92 bits per heavy atom. The molecule has 2 rings (SSSR count). The van der Waals surface area contributed by atoms with E-state index in [2.05, 4.69) is 13.8 Å². The number of benzene rings is 1. The molecule has 1 aliphatic heterocycles. The lowest BCUT2D eigenvalue weighted by Crippen LogP contribution is -2.42. The largest absolute Gasteiger partial charge is 0.494 e. The Morgan fingerprint density at radius 1 is 1.25 bits per heavy atom. The first-order chi connectivity index (χ1) is 11.6. The number of piperidine rings is 1. The molecule has 1 saturated heterocycles. The number of likely N-dealkylation sites (tertiary alicyclic amines) is 1. The molecule has 1 fully saturated rings. The molecule has 24 heavy (non-hydrogen) atoms. The van der Waals surface area contributed by atoms with Gasteiger partial charge in [0, 0.05) is 24.6 Å². The van der Waals surface area contributed by atoms with Gasteiger partial charge in [0.25, 0.3) is 0 Å². The fraction of sp³-hybridized carbons (Fsp3) is 0.632. The van der Waals surface area contributed by atoms with Crippen LogP contribution in [-0.4, -0.2) is 49.0 Å². The van der Waals surface area contributed by atoms with Crippen molar-refractivity contribution in [1.29, 1.82) is 0 Å². The molecule has 0 unspecified atom stereocenters. The Kier molecular flexibility index (Phi) is 7.92. The van der Waals surface area contributed by atoms with E-state index in [1.165, 1.54) is 0 Å². The van der Waals surface area contributed by atoms with E-state index in [-0.39, 0.29) is 5.91 Å². The first-order valence-corrected chi connectivity index (χ1v) is 9.82. The number of amides is 1. The van der Waals surface area contributed by atoms with Crippen LogP contribution in [0.15, 0.2) is 29.2 Å². The highest BCUT2D eigenvalue weighted by molar-refractivity contribution is 8.00. The highest BCUT2D eigenvalue weighted by atomic mass is 32.2. The van der Waals surface area contributed by atoms with Crippen LogP contribution in [0.2, 0.25) is 0 Å². The lowest BCUT2D eigenvalue weighted by molar-refractivity contribution is -0.131. The van der Waals surface area contributed by atoms with E-state index in [9.17, 15) is 4.79 Å². The molecule has 0 radical (unpaired) electrons. The van der Waals surface area contributed by atoms with Gasteiger partial charge in [-0.15, -0.1) is 11.8 Å². The molecule has 4 nitrogen and oxygen atoms in total. The zero-order chi connectivity index (χ0) is 17.4. The molecule has 5 heteroatoms. The maximum atomic E-state index is 12.4. The number of ether oxygens (including phenoxy) is 2. The van der Waals surface area contributed by atoms with Gasteiger partial charge >= 0.3 is 0 Å². The van der Waals surface area contributed by atoms with Crippen LogP contribution in [0.5, 0.6) is 5.75 Å². The van der Waals surface area contributed by atoms with E-state index >= 15 is 0 Å². The monoisotopic (exact) mass is 351 g/mol. The van der Waals surface area contributed by atoms with Crippen LogP contribution in [0, 0.1) is 5.92 Å². The predicted molar refractivity (Wildman–Crippen MR) is 98.7 cm³/mol. The first-order valence-electron chi connectivity index (χ1n) is 8.83. The number of hydrogen-bond donors (Lipinski definition) is 0. The summed E-state index contributed by atoms with van der Waals surface area (Å²) in [4.78, 5) is 15.4. The van der Waals surface area contributed by atoms with E-state index in [4.69, 9.17) is 9.47 Å². The molecule has 0 N–H and O–H groups in total. The molecular formula is C19H29NO3S. The molecule has 1 aliphatic rings. The molecule has 1 aromatic rings. The Balaban J connectivity index is 1.69. The van der Waals surface area contributed by atoms with Gasteiger partial charge in [0.05, 0.1) is 18.5 Å². The molecule has 1 heterocycles. The SMILES string of the molecule is CCOc1ccc(SCC(=O)N2CCC(OCC(C)C)CC2)cc1. The van der Waals surface area contributed by atoms with Crippen molar-refractivity contribution in [3.05, 3.63) is 24.3 Å². The first kappa shape index (κ1) is 19.1. The van der Waals surface area contributed by atoms with Gasteiger partial charge in [0.15, 0.2) is 0 Å². The summed E-state index contributed by atoms with van der Waals surface area (Å²) in [5.41, 5.74) is 0. The average Bonchev–Trinajstić information content (AvgIpc) is 2.60. The van der Waals surface area contributed by atoms with Crippen LogP contribution in [0.4, 0.5) is 0 Å². The summed E-state index contributed by atoms with van der Waals surface area (Å²) in [5.74, 6) is 2.15. The van der Waals surface area contributed by atoms with Crippen LogP contribution in [-0.2, 0) is 9.53 Å². The Labute approximate surface area is 149 Å². The Hall–Kier alpha value is -1.20. The van der Waals surface area contributed by atoms with Crippen LogP contribution >= 0.6 is 11.8 Å². The summed E-state index contributed by atoms with van der Waals surface area (Å²) >= 11 is 1.59. The third-order valence-electron chi connectivity index (χ3n) is 3.96. The highest BCUT2D eigenvalue weighted by Crippen LogP contribution is 2.23. The smallest absolute Gasteiger partial charge is 0.232 e. The molecule has 0 saturated carbocycles. The second-order valence-electron chi connectivity index (χ2n) is 6.50. The van der Waals surface area contributed by atoms with Gasteiger partial charge < -0.3 is 14.4 Å². The van der Waals surface area contributed by atoms with E-state index in [0.29, 0.717) is 24.4 Å². The van der Waals surface area contributed by atoms with Crippen LogP contribution in [0.25, 0.3) is 0 Å². The van der Waals surface area contributed by atoms with Crippen molar-refractivity contribution in [2.45, 2.75) is 44.6 Å². The minimum atomic E-state index is 0.219. The van der Waals surface area contributed by atoms with Crippen molar-refractivity contribution in [3.63, 3.8) is 0 Å². The third-order valence-corrected chi connectivity index (χ3v) is 4.95. The van der Waals surface area contributed by atoms with Gasteiger partial charge in [-0.2, -0.15) is 0 Å². The molecule has 0 atom stereocenters. The van der Waals surface area contributed by atoms with E-state index in [0.717, 1.165) is 43.2 Å². The summed E-state index contributed by atoms with van der Waals surface area (Å²) in [6, 6.07) is 7.92. The zero-order valence-electron chi connectivity index (χ0n) is 15.0. The molecule has 0 spiro atoms. The lowest BCUT2D eigenvalue weighted by atomic mass is 10.1. The molecule has 1 aromatic carbocycles. The number of hydrogen-bond acceptors (Lipinski definition) is 4. The van der Waals surface area contributed by atoms with Crippen molar-refractivity contribution in [3.8, 4) is 5.75 Å². The maximum Gasteiger partial charge on any atom is 0.232 e. The lowest BCUT2D eigenvalue weighted by Gasteiger charge is -2.32. The molecule has 134 valence electrons. The summed E-state index contributed by atoms with van der Waals surface area (Å²) in [7, 11) is 0. The minimum absolute atomic E-state index is 0.219. The highest BCUT2D eigenvalue weighted by Gasteiger charge is 2.23. The number of rotatable bonds is 8. The number of thioether (sulfide) groups is 1. The Morgan fingerprint density at radius 3 is 2.50 bits per heavy atom. The van der Waals surface area contributed by atoms with Crippen molar-refractivity contribution in [1.82, 2.24) is 4.90 Å². The van der Waals surface area contributed by atoms with Crippen molar-refractivity contribution >= 4 is 17.7 Å². The predicted octanol–water partition coefficient (Wildman–Crippen LogP) is 3.84. The fourth-order valence-corrected chi connectivity index (χ4v) is 3.44. The van der Waals surface area contributed by atoms with E-state index in [1.807, 2.05) is 36.1 Å². The van der Waals surface area contributed by atoms with E-state index < -0.39 is 0 Å². The van der Waals surface area contributed by atoms with Gasteiger partial charge in [-0.3, -0.25) is 4.79 Å².